The molecule has 1 saturated carbocycles. The summed E-state index contributed by atoms with van der Waals surface area (Å²) in [7, 11) is 0. The van der Waals surface area contributed by atoms with E-state index >= 15 is 0 Å². The molecule has 1 aromatic carbocycles. The fourth-order valence-electron chi connectivity index (χ4n) is 2.47. The van der Waals surface area contributed by atoms with Gasteiger partial charge in [-0.05, 0) is 43.6 Å². The summed E-state index contributed by atoms with van der Waals surface area (Å²) in [5.41, 5.74) is 9.81. The number of rotatable bonds is 4. The lowest BCUT2D eigenvalue weighted by atomic mass is 9.97. The Morgan fingerprint density at radius 1 is 1.39 bits per heavy atom. The maximum absolute atomic E-state index is 10.6. The number of carbonyl (C=O) groups excluding carboxylic acids is 1. The highest BCUT2D eigenvalue weighted by molar-refractivity contribution is 5.89. The van der Waals surface area contributed by atoms with Crippen molar-refractivity contribution in [1.82, 2.24) is 5.43 Å². The summed E-state index contributed by atoms with van der Waals surface area (Å²) in [4.78, 5) is 10.6. The van der Waals surface area contributed by atoms with Crippen molar-refractivity contribution in [3.8, 4) is 0 Å². The molecular weight excluding hydrogens is 226 g/mol. The van der Waals surface area contributed by atoms with E-state index in [1.54, 1.807) is 0 Å². The van der Waals surface area contributed by atoms with Gasteiger partial charge in [0, 0.05) is 5.71 Å². The first kappa shape index (κ1) is 12.6. The van der Waals surface area contributed by atoms with Crippen molar-refractivity contribution in [3.63, 3.8) is 0 Å². The van der Waals surface area contributed by atoms with E-state index in [4.69, 9.17) is 5.73 Å². The number of benzene rings is 1. The van der Waals surface area contributed by atoms with Gasteiger partial charge < -0.3 is 5.73 Å². The van der Waals surface area contributed by atoms with Crippen molar-refractivity contribution in [3.05, 3.63) is 35.9 Å². The maximum atomic E-state index is 10.6. The van der Waals surface area contributed by atoms with Crippen LogP contribution in [0.25, 0.3) is 0 Å². The van der Waals surface area contributed by atoms with Gasteiger partial charge in [-0.15, -0.1) is 0 Å². The summed E-state index contributed by atoms with van der Waals surface area (Å²) in [6, 6.07) is 9.86. The molecule has 1 aromatic rings. The van der Waals surface area contributed by atoms with Crippen LogP contribution in [-0.2, 0) is 6.42 Å². The molecule has 1 aliphatic carbocycles. The Balaban J connectivity index is 1.88. The molecule has 0 radical (unpaired) electrons. The fourth-order valence-corrected chi connectivity index (χ4v) is 2.47. The minimum Gasteiger partial charge on any atom is -0.350 e. The molecule has 4 heteroatoms. The van der Waals surface area contributed by atoms with E-state index in [0.717, 1.165) is 37.8 Å². The molecule has 0 bridgehead atoms. The number of aryl methyl sites for hydroxylation is 1. The molecule has 1 unspecified atom stereocenters. The predicted molar refractivity (Wildman–Crippen MR) is 72.3 cm³/mol. The number of nitrogens with one attached hydrogen (secondary N) is 1. The Kier molecular flexibility index (Phi) is 4.34. The van der Waals surface area contributed by atoms with E-state index in [-0.39, 0.29) is 0 Å². The summed E-state index contributed by atoms with van der Waals surface area (Å²) in [5, 5.41) is 4.11. The molecule has 0 saturated heterocycles. The summed E-state index contributed by atoms with van der Waals surface area (Å²) in [6.07, 6.45) is 5.43. The van der Waals surface area contributed by atoms with Crippen LogP contribution in [0.15, 0.2) is 35.4 Å². The topological polar surface area (TPSA) is 67.5 Å². The zero-order valence-corrected chi connectivity index (χ0v) is 10.4. The van der Waals surface area contributed by atoms with Crippen molar-refractivity contribution in [2.75, 3.05) is 0 Å². The van der Waals surface area contributed by atoms with Gasteiger partial charge in [0.15, 0.2) is 0 Å². The van der Waals surface area contributed by atoms with Crippen LogP contribution in [-0.4, -0.2) is 11.7 Å². The predicted octanol–water partition coefficient (Wildman–Crippen LogP) is 2.44. The van der Waals surface area contributed by atoms with Crippen molar-refractivity contribution in [2.24, 2.45) is 16.8 Å². The van der Waals surface area contributed by atoms with E-state index in [0.29, 0.717) is 5.92 Å². The van der Waals surface area contributed by atoms with Crippen LogP contribution in [0.1, 0.15) is 31.2 Å². The molecule has 1 fully saturated rings. The number of nitrogens with zero attached hydrogens (tertiary/aromatic N) is 1. The number of nitrogens with two attached hydrogens (primary N) is 1. The van der Waals surface area contributed by atoms with E-state index in [1.807, 2.05) is 6.07 Å². The first-order chi connectivity index (χ1) is 8.75. The standard InChI is InChI=1S/C14H19N3O/c15-14(18)17-16-13-8-4-7-12(13)10-9-11-5-2-1-3-6-11/h1-3,5-6,12H,4,7-10H2,(H3,15,17,18)/b16-13-. The van der Waals surface area contributed by atoms with E-state index in [1.165, 1.54) is 5.56 Å². The van der Waals surface area contributed by atoms with Gasteiger partial charge in [-0.1, -0.05) is 30.3 Å². The van der Waals surface area contributed by atoms with Gasteiger partial charge in [0.2, 0.25) is 0 Å². The lowest BCUT2D eigenvalue weighted by Gasteiger charge is -2.10. The van der Waals surface area contributed by atoms with Gasteiger partial charge in [-0.3, -0.25) is 0 Å². The van der Waals surface area contributed by atoms with Crippen LogP contribution < -0.4 is 11.2 Å². The highest BCUT2D eigenvalue weighted by Crippen LogP contribution is 2.26. The summed E-state index contributed by atoms with van der Waals surface area (Å²) in [6.45, 7) is 0. The number of hydrogen-bond acceptors (Lipinski definition) is 2. The fraction of sp³-hybridized carbons (Fsp3) is 0.429. The molecule has 3 N–H and O–H groups in total. The molecule has 18 heavy (non-hydrogen) atoms. The Labute approximate surface area is 107 Å². The van der Waals surface area contributed by atoms with Crippen molar-refractivity contribution in [1.29, 1.82) is 0 Å². The lowest BCUT2D eigenvalue weighted by molar-refractivity contribution is 0.249. The largest absolute Gasteiger partial charge is 0.350 e. The van der Waals surface area contributed by atoms with Gasteiger partial charge in [-0.25, -0.2) is 10.2 Å². The van der Waals surface area contributed by atoms with E-state index in [9.17, 15) is 4.79 Å². The zero-order chi connectivity index (χ0) is 12.8. The molecule has 2 amide bonds. The number of carbonyl (C=O) groups is 1. The van der Waals surface area contributed by atoms with Crippen LogP contribution in [0.2, 0.25) is 0 Å². The van der Waals surface area contributed by atoms with Crippen molar-refractivity contribution >= 4 is 11.7 Å². The molecule has 0 heterocycles. The summed E-state index contributed by atoms with van der Waals surface area (Å²) in [5.74, 6) is 0.483. The second-order valence-corrected chi connectivity index (χ2v) is 4.69. The van der Waals surface area contributed by atoms with Crippen LogP contribution in [0.4, 0.5) is 4.79 Å². The number of amides is 2. The van der Waals surface area contributed by atoms with Gasteiger partial charge in [0.1, 0.15) is 0 Å². The molecule has 1 atom stereocenters. The molecule has 0 spiro atoms. The highest BCUT2D eigenvalue weighted by atomic mass is 16.2. The third kappa shape index (κ3) is 3.58. The lowest BCUT2D eigenvalue weighted by Crippen LogP contribution is -2.26. The SMILES string of the molecule is NC(=O)N/N=C1/CCCC1CCc1ccccc1. The Hall–Kier alpha value is -1.84. The number of urea groups is 1. The smallest absolute Gasteiger partial charge is 0.332 e. The molecule has 0 aromatic heterocycles. The number of primary amides is 1. The second kappa shape index (κ2) is 6.19. The molecule has 4 nitrogen and oxygen atoms in total. The van der Waals surface area contributed by atoms with Gasteiger partial charge in [0.05, 0.1) is 0 Å². The Morgan fingerprint density at radius 2 is 2.17 bits per heavy atom. The van der Waals surface area contributed by atoms with Gasteiger partial charge in [0.25, 0.3) is 0 Å². The first-order valence-electron chi connectivity index (χ1n) is 6.41. The third-order valence-electron chi connectivity index (χ3n) is 3.39. The summed E-state index contributed by atoms with van der Waals surface area (Å²) < 4.78 is 0. The quantitative estimate of drug-likeness (QED) is 0.786. The summed E-state index contributed by atoms with van der Waals surface area (Å²) >= 11 is 0. The van der Waals surface area contributed by atoms with Crippen LogP contribution in [0.3, 0.4) is 0 Å². The minimum absolute atomic E-state index is 0.483. The molecule has 0 aliphatic heterocycles. The average Bonchev–Trinajstić information content (AvgIpc) is 2.82. The first-order valence-corrected chi connectivity index (χ1v) is 6.41. The molecule has 1 aliphatic rings. The van der Waals surface area contributed by atoms with E-state index < -0.39 is 6.03 Å². The van der Waals surface area contributed by atoms with Crippen molar-refractivity contribution in [2.45, 2.75) is 32.1 Å². The maximum Gasteiger partial charge on any atom is 0.332 e. The zero-order valence-electron chi connectivity index (χ0n) is 10.4. The molecule has 96 valence electrons. The van der Waals surface area contributed by atoms with Crippen LogP contribution in [0.5, 0.6) is 0 Å². The van der Waals surface area contributed by atoms with E-state index in [2.05, 4.69) is 34.8 Å². The van der Waals surface area contributed by atoms with Gasteiger partial charge >= 0.3 is 6.03 Å². The number of hydrazone groups is 1. The van der Waals surface area contributed by atoms with Crippen LogP contribution >= 0.6 is 0 Å². The minimum atomic E-state index is -0.587. The van der Waals surface area contributed by atoms with Gasteiger partial charge in [-0.2, -0.15) is 5.10 Å². The van der Waals surface area contributed by atoms with Crippen LogP contribution in [0, 0.1) is 5.92 Å². The highest BCUT2D eigenvalue weighted by Gasteiger charge is 2.22. The monoisotopic (exact) mass is 245 g/mol. The molecule has 2 rings (SSSR count). The second-order valence-electron chi connectivity index (χ2n) is 4.69. The molecular formula is C14H19N3O. The Bertz CT molecular complexity index is 428. The third-order valence-corrected chi connectivity index (χ3v) is 3.39. The van der Waals surface area contributed by atoms with Crippen molar-refractivity contribution < 1.29 is 4.79 Å². The normalized spacial score (nSPS) is 21.1. The number of hydrogen-bond donors (Lipinski definition) is 2. The average molecular weight is 245 g/mol. The Morgan fingerprint density at radius 3 is 2.89 bits per heavy atom.